The van der Waals surface area contributed by atoms with E-state index < -0.39 is 72.9 Å². The molecule has 1 aromatic carbocycles. The number of hydrogen-bond donors (Lipinski definition) is 2. The van der Waals surface area contributed by atoms with Crippen LogP contribution in [0.25, 0.3) is 0 Å². The molecule has 5 atom stereocenters. The van der Waals surface area contributed by atoms with Crippen LogP contribution in [0, 0.1) is 0 Å². The Morgan fingerprint density at radius 1 is 0.923 bits per heavy atom. The molecule has 0 aromatic heterocycles. The first-order chi connectivity index (χ1) is 18.2. The van der Waals surface area contributed by atoms with Crippen LogP contribution in [0.2, 0.25) is 0 Å². The van der Waals surface area contributed by atoms with Gasteiger partial charge in [-0.2, -0.15) is 18.3 Å². The molecule has 12 nitrogen and oxygen atoms in total. The van der Waals surface area contributed by atoms with Crippen molar-refractivity contribution < 1.29 is 56.0 Å². The summed E-state index contributed by atoms with van der Waals surface area (Å²) in [5.41, 5.74) is 1.93. The molecule has 1 aliphatic rings. The fraction of sp³-hybridized carbons (Fsp3) is 0.478. The zero-order chi connectivity index (χ0) is 29.3. The Bertz CT molecular complexity index is 1100. The first kappa shape index (κ1) is 31.4. The van der Waals surface area contributed by atoms with Crippen molar-refractivity contribution in [3.05, 3.63) is 35.4 Å². The summed E-state index contributed by atoms with van der Waals surface area (Å²) in [5, 5.41) is 6.31. The molecular weight excluding hydrogens is 551 g/mol. The van der Waals surface area contributed by atoms with Crippen molar-refractivity contribution in [2.45, 2.75) is 64.5 Å². The van der Waals surface area contributed by atoms with E-state index in [4.69, 9.17) is 35.9 Å². The summed E-state index contributed by atoms with van der Waals surface area (Å²) >= 11 is 5.17. The smallest absolute Gasteiger partial charge is 0.416 e. The SMILES string of the molecule is CC(=O)OC[C@H]1O[C@@H](NC(=S)N/N=C/c2ccc(C(F)(F)F)cc2)[C@H](OC(C)=O)[C@@H](OC(C)=O)[C@@H]1OC(C)=O. The van der Waals surface area contributed by atoms with Gasteiger partial charge in [0, 0.05) is 27.7 Å². The standard InChI is InChI=1S/C23H26F3N3O9S/c1-11(30)34-10-17-18(35-12(2)31)19(36-13(3)32)20(37-14(4)33)21(38-17)28-22(39)29-27-9-15-5-7-16(8-6-15)23(24,25)26/h5-9,17-21H,10H2,1-4H3,(H2,28,29,39)/b27-9+/t17-,18-,19+,20-,21-/m1/s1. The van der Waals surface area contributed by atoms with Gasteiger partial charge in [0.05, 0.1) is 11.8 Å². The number of esters is 4. The highest BCUT2D eigenvalue weighted by molar-refractivity contribution is 7.80. The van der Waals surface area contributed by atoms with Crippen molar-refractivity contribution in [3.63, 3.8) is 0 Å². The number of carbonyl (C=O) groups excluding carboxylic acids is 4. The molecule has 16 heteroatoms. The topological polar surface area (TPSA) is 151 Å². The Balaban J connectivity index is 2.24. The van der Waals surface area contributed by atoms with Gasteiger partial charge in [-0.15, -0.1) is 0 Å². The van der Waals surface area contributed by atoms with E-state index in [1.165, 1.54) is 18.3 Å². The molecule has 0 radical (unpaired) electrons. The Morgan fingerprint density at radius 3 is 1.97 bits per heavy atom. The van der Waals surface area contributed by atoms with E-state index in [9.17, 15) is 32.3 Å². The third-order valence-electron chi connectivity index (χ3n) is 4.88. The summed E-state index contributed by atoms with van der Waals surface area (Å²) in [7, 11) is 0. The number of hydrogen-bond acceptors (Lipinski definition) is 11. The predicted molar refractivity (Wildman–Crippen MR) is 130 cm³/mol. The molecule has 1 heterocycles. The number of halogens is 3. The molecule has 2 rings (SSSR count). The van der Waals surface area contributed by atoms with Crippen molar-refractivity contribution in [2.75, 3.05) is 6.61 Å². The molecule has 0 amide bonds. The number of hydrazone groups is 1. The summed E-state index contributed by atoms with van der Waals surface area (Å²) in [4.78, 5) is 46.9. The maximum absolute atomic E-state index is 12.7. The van der Waals surface area contributed by atoms with Gasteiger partial charge in [-0.25, -0.2) is 0 Å². The van der Waals surface area contributed by atoms with Gasteiger partial charge < -0.3 is 29.0 Å². The molecule has 39 heavy (non-hydrogen) atoms. The van der Waals surface area contributed by atoms with E-state index in [1.807, 2.05) is 0 Å². The van der Waals surface area contributed by atoms with Gasteiger partial charge in [-0.1, -0.05) is 12.1 Å². The van der Waals surface area contributed by atoms with E-state index >= 15 is 0 Å². The minimum atomic E-state index is -4.48. The highest BCUT2D eigenvalue weighted by Crippen LogP contribution is 2.29. The molecule has 1 aliphatic heterocycles. The second kappa shape index (κ2) is 13.8. The lowest BCUT2D eigenvalue weighted by atomic mass is 9.97. The Morgan fingerprint density at radius 2 is 1.46 bits per heavy atom. The lowest BCUT2D eigenvalue weighted by molar-refractivity contribution is -0.254. The van der Waals surface area contributed by atoms with Crippen LogP contribution in [-0.2, 0) is 49.0 Å². The minimum Gasteiger partial charge on any atom is -0.463 e. The molecule has 0 unspecified atom stereocenters. The average Bonchev–Trinajstić information content (AvgIpc) is 2.80. The second-order valence-electron chi connectivity index (χ2n) is 8.08. The Kier molecular flexibility index (Phi) is 11.2. The third-order valence-corrected chi connectivity index (χ3v) is 5.09. The van der Waals surface area contributed by atoms with Gasteiger partial charge in [0.25, 0.3) is 0 Å². The molecule has 1 aromatic rings. The minimum absolute atomic E-state index is 0.195. The van der Waals surface area contributed by atoms with Gasteiger partial charge in [0.1, 0.15) is 12.7 Å². The van der Waals surface area contributed by atoms with Crippen molar-refractivity contribution >= 4 is 47.4 Å². The van der Waals surface area contributed by atoms with Crippen LogP contribution in [0.3, 0.4) is 0 Å². The average molecular weight is 578 g/mol. The van der Waals surface area contributed by atoms with Crippen LogP contribution in [0.15, 0.2) is 29.4 Å². The maximum atomic E-state index is 12.7. The maximum Gasteiger partial charge on any atom is 0.416 e. The van der Waals surface area contributed by atoms with Gasteiger partial charge in [0.2, 0.25) is 0 Å². The van der Waals surface area contributed by atoms with Crippen LogP contribution >= 0.6 is 12.2 Å². The lowest BCUT2D eigenvalue weighted by Crippen LogP contribution is -2.66. The fourth-order valence-electron chi connectivity index (χ4n) is 3.43. The monoisotopic (exact) mass is 577 g/mol. The predicted octanol–water partition coefficient (Wildman–Crippen LogP) is 1.59. The van der Waals surface area contributed by atoms with E-state index in [0.717, 1.165) is 39.8 Å². The van der Waals surface area contributed by atoms with Crippen LogP contribution in [-0.4, -0.2) is 72.5 Å². The molecule has 2 N–H and O–H groups in total. The highest BCUT2D eigenvalue weighted by atomic mass is 32.1. The fourth-order valence-corrected chi connectivity index (χ4v) is 3.60. The van der Waals surface area contributed by atoms with E-state index in [0.29, 0.717) is 5.56 Å². The van der Waals surface area contributed by atoms with Crippen molar-refractivity contribution in [1.29, 1.82) is 0 Å². The number of carbonyl (C=O) groups is 4. The quantitative estimate of drug-likeness (QED) is 0.152. The molecule has 214 valence electrons. The van der Waals surface area contributed by atoms with Gasteiger partial charge in [-0.3, -0.25) is 24.6 Å². The zero-order valence-electron chi connectivity index (χ0n) is 21.1. The molecular formula is C23H26F3N3O9S. The van der Waals surface area contributed by atoms with Crippen LogP contribution in [0.4, 0.5) is 13.2 Å². The van der Waals surface area contributed by atoms with Crippen molar-refractivity contribution in [3.8, 4) is 0 Å². The van der Waals surface area contributed by atoms with Gasteiger partial charge >= 0.3 is 30.1 Å². The number of rotatable bonds is 8. The third kappa shape index (κ3) is 10.1. The molecule has 1 fully saturated rings. The van der Waals surface area contributed by atoms with Gasteiger partial charge in [0.15, 0.2) is 29.7 Å². The van der Waals surface area contributed by atoms with Crippen molar-refractivity contribution in [2.24, 2.45) is 5.10 Å². The molecule has 0 spiro atoms. The number of thiocarbonyl (C=S) groups is 1. The van der Waals surface area contributed by atoms with Crippen LogP contribution in [0.5, 0.6) is 0 Å². The molecule has 0 bridgehead atoms. The molecule has 1 saturated heterocycles. The summed E-state index contributed by atoms with van der Waals surface area (Å²) in [6.07, 6.45) is -9.95. The normalized spacial score (nSPS) is 22.9. The number of nitrogens with one attached hydrogen (secondary N) is 2. The first-order valence-electron chi connectivity index (χ1n) is 11.2. The van der Waals surface area contributed by atoms with E-state index in [2.05, 4.69) is 15.8 Å². The molecule has 0 saturated carbocycles. The van der Waals surface area contributed by atoms with E-state index in [-0.39, 0.29) is 5.11 Å². The van der Waals surface area contributed by atoms with Crippen molar-refractivity contribution in [1.82, 2.24) is 10.7 Å². The second-order valence-corrected chi connectivity index (χ2v) is 8.49. The first-order valence-corrected chi connectivity index (χ1v) is 11.7. The summed E-state index contributed by atoms with van der Waals surface area (Å²) in [5.74, 6) is -3.06. The number of benzene rings is 1. The number of nitrogens with zero attached hydrogens (tertiary/aromatic N) is 1. The zero-order valence-corrected chi connectivity index (χ0v) is 22.0. The highest BCUT2D eigenvalue weighted by Gasteiger charge is 2.52. The van der Waals surface area contributed by atoms with Crippen LogP contribution in [0.1, 0.15) is 38.8 Å². The van der Waals surface area contributed by atoms with Gasteiger partial charge in [-0.05, 0) is 29.9 Å². The Hall–Kier alpha value is -3.79. The molecule has 0 aliphatic carbocycles. The summed E-state index contributed by atoms with van der Waals surface area (Å²) in [6, 6.07) is 4.17. The number of ether oxygens (including phenoxy) is 5. The summed E-state index contributed by atoms with van der Waals surface area (Å²) in [6.45, 7) is 3.96. The summed E-state index contributed by atoms with van der Waals surface area (Å²) < 4.78 is 64.9. The van der Waals surface area contributed by atoms with E-state index in [1.54, 1.807) is 0 Å². The lowest BCUT2D eigenvalue weighted by Gasteiger charge is -2.44. The van der Waals surface area contributed by atoms with Crippen LogP contribution < -0.4 is 10.7 Å². The Labute approximate surface area is 226 Å². The largest absolute Gasteiger partial charge is 0.463 e. The number of alkyl halides is 3.